The third-order valence-corrected chi connectivity index (χ3v) is 2.99. The van der Waals surface area contributed by atoms with Crippen molar-refractivity contribution in [2.24, 2.45) is 0 Å². The Morgan fingerprint density at radius 2 is 2.25 bits per heavy atom. The first-order valence-electron chi connectivity index (χ1n) is 4.97. The lowest BCUT2D eigenvalue weighted by Gasteiger charge is -2.36. The molecule has 2 heterocycles. The molecule has 1 aliphatic rings. The van der Waals surface area contributed by atoms with E-state index in [0.29, 0.717) is 24.7 Å². The Bertz CT molecular complexity index is 533. The Kier molecular flexibility index (Phi) is 2.17. The summed E-state index contributed by atoms with van der Waals surface area (Å²) in [6.07, 6.45) is 0. The summed E-state index contributed by atoms with van der Waals surface area (Å²) >= 11 is 5.64. The van der Waals surface area contributed by atoms with E-state index in [-0.39, 0.29) is 5.88 Å². The lowest BCUT2D eigenvalue weighted by Crippen LogP contribution is -2.46. The molecule has 0 radical (unpaired) electrons. The number of aliphatic hydroxyl groups is 1. The normalized spacial score (nSPS) is 18.6. The van der Waals surface area contributed by atoms with Crippen molar-refractivity contribution in [2.75, 3.05) is 13.2 Å². The van der Waals surface area contributed by atoms with Gasteiger partial charge in [-0.05, 0) is 17.7 Å². The highest BCUT2D eigenvalue weighted by molar-refractivity contribution is 6.16. The molecule has 4 nitrogen and oxygen atoms in total. The number of nitrogens with zero attached hydrogens (tertiary/aromatic N) is 1. The van der Waals surface area contributed by atoms with Crippen LogP contribution in [-0.4, -0.2) is 23.3 Å². The van der Waals surface area contributed by atoms with Gasteiger partial charge >= 0.3 is 0 Å². The molecule has 1 saturated heterocycles. The van der Waals surface area contributed by atoms with Gasteiger partial charge in [-0.3, -0.25) is 0 Å². The number of ether oxygens (including phenoxy) is 1. The fourth-order valence-electron chi connectivity index (χ4n) is 1.78. The first kappa shape index (κ1) is 10.1. The summed E-state index contributed by atoms with van der Waals surface area (Å²) in [6, 6.07) is 5.45. The van der Waals surface area contributed by atoms with E-state index in [1.807, 2.05) is 12.1 Å². The number of halogens is 1. The third-order valence-electron chi connectivity index (χ3n) is 2.77. The van der Waals surface area contributed by atoms with Crippen LogP contribution in [0.2, 0.25) is 0 Å². The fourth-order valence-corrected chi connectivity index (χ4v) is 1.90. The Hall–Kier alpha value is -1.10. The smallest absolute Gasteiger partial charge is 0.210 e. The maximum atomic E-state index is 10.1. The maximum absolute atomic E-state index is 10.1. The molecule has 0 atom stereocenters. The minimum Gasteiger partial charge on any atom is -0.439 e. The number of rotatable bonds is 2. The summed E-state index contributed by atoms with van der Waals surface area (Å²) in [6.45, 7) is 0.657. The molecule has 2 aromatic rings. The minimum absolute atomic E-state index is 0.247. The van der Waals surface area contributed by atoms with Gasteiger partial charge in [0, 0.05) is 0 Å². The van der Waals surface area contributed by atoms with Crippen LogP contribution in [0, 0.1) is 0 Å². The van der Waals surface area contributed by atoms with E-state index in [0.717, 1.165) is 11.1 Å². The van der Waals surface area contributed by atoms with Crippen LogP contribution in [0.15, 0.2) is 22.6 Å². The zero-order valence-corrected chi connectivity index (χ0v) is 9.20. The molecule has 0 bridgehead atoms. The van der Waals surface area contributed by atoms with Crippen LogP contribution in [0.3, 0.4) is 0 Å². The molecule has 0 unspecified atom stereocenters. The van der Waals surface area contributed by atoms with E-state index in [2.05, 4.69) is 4.98 Å². The van der Waals surface area contributed by atoms with Gasteiger partial charge in [0.25, 0.3) is 0 Å². The van der Waals surface area contributed by atoms with Crippen molar-refractivity contribution in [1.29, 1.82) is 0 Å². The van der Waals surface area contributed by atoms with E-state index in [9.17, 15) is 5.11 Å². The van der Waals surface area contributed by atoms with Gasteiger partial charge in [-0.2, -0.15) is 0 Å². The Balaban J connectivity index is 2.08. The molecule has 84 valence electrons. The molecule has 1 aliphatic heterocycles. The number of hydrogen-bond donors (Lipinski definition) is 1. The van der Waals surface area contributed by atoms with Gasteiger partial charge in [0.15, 0.2) is 5.58 Å². The van der Waals surface area contributed by atoms with Crippen LogP contribution in [0.5, 0.6) is 0 Å². The van der Waals surface area contributed by atoms with Crippen LogP contribution < -0.4 is 0 Å². The highest BCUT2D eigenvalue weighted by atomic mass is 35.5. The van der Waals surface area contributed by atoms with Crippen LogP contribution in [0.1, 0.15) is 11.5 Å². The van der Waals surface area contributed by atoms with E-state index in [4.69, 9.17) is 20.8 Å². The second-order valence-corrected chi connectivity index (χ2v) is 4.22. The first-order valence-corrected chi connectivity index (χ1v) is 5.51. The molecule has 0 saturated carbocycles. The third kappa shape index (κ3) is 1.42. The first-order chi connectivity index (χ1) is 7.71. The predicted octanol–water partition coefficient (Wildman–Crippen LogP) is 1.78. The molecule has 16 heavy (non-hydrogen) atoms. The zero-order valence-electron chi connectivity index (χ0n) is 8.44. The number of fused-ring (bicyclic) bond motifs is 1. The van der Waals surface area contributed by atoms with Gasteiger partial charge in [0.05, 0.1) is 19.1 Å². The molecule has 1 aromatic carbocycles. The summed E-state index contributed by atoms with van der Waals surface area (Å²) in [7, 11) is 0. The monoisotopic (exact) mass is 239 g/mol. The Morgan fingerprint density at radius 1 is 1.44 bits per heavy atom. The van der Waals surface area contributed by atoms with E-state index in [1.54, 1.807) is 6.07 Å². The van der Waals surface area contributed by atoms with Crippen molar-refractivity contribution in [1.82, 2.24) is 4.98 Å². The lowest BCUT2D eigenvalue weighted by atomic mass is 9.92. The predicted molar refractivity (Wildman–Crippen MR) is 58.3 cm³/mol. The van der Waals surface area contributed by atoms with Crippen molar-refractivity contribution in [3.63, 3.8) is 0 Å². The molecular weight excluding hydrogens is 230 g/mol. The van der Waals surface area contributed by atoms with E-state index >= 15 is 0 Å². The highest BCUT2D eigenvalue weighted by Crippen LogP contribution is 2.31. The average molecular weight is 240 g/mol. The number of oxazole rings is 1. The second kappa shape index (κ2) is 3.45. The summed E-state index contributed by atoms with van der Waals surface area (Å²) in [4.78, 5) is 4.19. The van der Waals surface area contributed by atoms with E-state index < -0.39 is 5.60 Å². The molecule has 0 spiro atoms. The van der Waals surface area contributed by atoms with Gasteiger partial charge in [-0.25, -0.2) is 4.98 Å². The van der Waals surface area contributed by atoms with Gasteiger partial charge < -0.3 is 14.3 Å². The molecule has 0 aliphatic carbocycles. The van der Waals surface area contributed by atoms with Crippen molar-refractivity contribution in [3.05, 3.63) is 29.7 Å². The molecule has 0 amide bonds. The summed E-state index contributed by atoms with van der Waals surface area (Å²) < 4.78 is 10.4. The number of alkyl halides is 1. The Labute approximate surface area is 96.8 Å². The largest absolute Gasteiger partial charge is 0.439 e. The van der Waals surface area contributed by atoms with Crippen LogP contribution in [0.4, 0.5) is 0 Å². The maximum Gasteiger partial charge on any atom is 0.210 e. The van der Waals surface area contributed by atoms with E-state index in [1.165, 1.54) is 0 Å². The molecule has 1 N–H and O–H groups in total. The van der Waals surface area contributed by atoms with Crippen molar-refractivity contribution < 1.29 is 14.3 Å². The minimum atomic E-state index is -0.873. The quantitative estimate of drug-likeness (QED) is 0.812. The SMILES string of the molecule is OC1(c2ccc3nc(CCl)oc3c2)COC1. The topological polar surface area (TPSA) is 55.5 Å². The zero-order chi connectivity index (χ0) is 11.2. The Morgan fingerprint density at radius 3 is 2.88 bits per heavy atom. The van der Waals surface area contributed by atoms with Crippen molar-refractivity contribution >= 4 is 22.7 Å². The molecule has 5 heteroatoms. The van der Waals surface area contributed by atoms with Crippen LogP contribution in [0.25, 0.3) is 11.1 Å². The summed E-state index contributed by atoms with van der Waals surface area (Å²) in [5.41, 5.74) is 1.32. The van der Waals surface area contributed by atoms with Crippen LogP contribution >= 0.6 is 11.6 Å². The van der Waals surface area contributed by atoms with Gasteiger partial charge in [0.1, 0.15) is 11.1 Å². The lowest BCUT2D eigenvalue weighted by molar-refractivity contribution is -0.184. The standard InChI is InChI=1S/C11H10ClNO3/c12-4-10-13-8-2-1-7(3-9(8)16-10)11(14)5-15-6-11/h1-3,14H,4-6H2. The molecular formula is C11H10ClNO3. The van der Waals surface area contributed by atoms with Gasteiger partial charge in [-0.1, -0.05) is 6.07 Å². The van der Waals surface area contributed by atoms with Gasteiger partial charge in [0.2, 0.25) is 5.89 Å². The van der Waals surface area contributed by atoms with Crippen molar-refractivity contribution in [3.8, 4) is 0 Å². The summed E-state index contributed by atoms with van der Waals surface area (Å²) in [5.74, 6) is 0.739. The van der Waals surface area contributed by atoms with Crippen LogP contribution in [-0.2, 0) is 16.2 Å². The average Bonchev–Trinajstić information content (AvgIpc) is 2.67. The highest BCUT2D eigenvalue weighted by Gasteiger charge is 2.38. The molecule has 3 rings (SSSR count). The number of benzene rings is 1. The fraction of sp³-hybridized carbons (Fsp3) is 0.364. The number of aromatic nitrogens is 1. The van der Waals surface area contributed by atoms with Gasteiger partial charge in [-0.15, -0.1) is 11.6 Å². The van der Waals surface area contributed by atoms with Crippen molar-refractivity contribution in [2.45, 2.75) is 11.5 Å². The number of hydrogen-bond acceptors (Lipinski definition) is 4. The summed E-state index contributed by atoms with van der Waals surface area (Å²) in [5, 5.41) is 10.1. The molecule has 1 fully saturated rings. The second-order valence-electron chi connectivity index (χ2n) is 3.95. The molecule has 1 aromatic heterocycles.